The van der Waals surface area contributed by atoms with Crippen molar-refractivity contribution in [2.24, 2.45) is 73.1 Å². The third-order valence-electron chi connectivity index (χ3n) is 27.1. The second kappa shape index (κ2) is 79.3. The van der Waals surface area contributed by atoms with E-state index in [2.05, 4.69) is 246 Å². The van der Waals surface area contributed by atoms with Gasteiger partial charge < -0.3 is 76.2 Å². The van der Waals surface area contributed by atoms with Gasteiger partial charge >= 0.3 is 0 Å². The molecule has 146 heavy (non-hydrogen) atoms. The van der Waals surface area contributed by atoms with E-state index in [0.717, 1.165) is 184 Å². The molecule has 0 bridgehead atoms. The fourth-order valence-electron chi connectivity index (χ4n) is 16.1. The summed E-state index contributed by atoms with van der Waals surface area (Å²) in [6, 6.07) is 4.95. The van der Waals surface area contributed by atoms with Gasteiger partial charge in [-0.15, -0.1) is 0 Å². The Morgan fingerprint density at radius 1 is 0.267 bits per heavy atom. The molecule has 872 valence electrons. The SMILES string of the molecule is C=CC(C)(O)C(CC)=NC(C)C.C=CC(C)(O)C(CC)=NCC.CCC(=NC(C)C)C(C)(O)[Si](C)(C)C.CCC(=NC(C)C)C(C)(O)[Si](CC)(CC)CC.CCC(=NC(C)C)C(O)(C(C)C)C(C)C.CCC(=NC(C)C)C(O)(CC)C(C)C.CCC(=NC(C)C)C(O)(CC)CC.CCC(=NN(C)C)C(C)(C)O.CCC(=NN(C)C)C(C)(O)CC.CCC(=NN(C)C)C(C)(O)[Si](C)(C)C.CCC(=NN(C)C)C(O)(CC)CC. The van der Waals surface area contributed by atoms with Crippen LogP contribution in [0, 0.1) is 17.8 Å². The third-order valence-corrected chi connectivity index (χ3v) is 39.9. The van der Waals surface area contributed by atoms with E-state index in [9.17, 15) is 56.2 Å². The van der Waals surface area contributed by atoms with Gasteiger partial charge in [-0.2, -0.15) is 20.4 Å². The number of hydrogen-bond donors (Lipinski definition) is 11. The first kappa shape index (κ1) is 164. The summed E-state index contributed by atoms with van der Waals surface area (Å²) in [5.41, 5.74) is 3.60. The van der Waals surface area contributed by atoms with E-state index in [0.29, 0.717) is 13.0 Å². The van der Waals surface area contributed by atoms with E-state index in [1.807, 2.05) is 209 Å². The zero-order valence-electron chi connectivity index (χ0n) is 108. The molecule has 0 aromatic heterocycles. The molecule has 26 nitrogen and oxygen atoms in total. The third kappa shape index (κ3) is 63.8. The Morgan fingerprint density at radius 3 is 0.712 bits per heavy atom. The second-order valence-electron chi connectivity index (χ2n) is 45.4. The molecule has 0 saturated carbocycles. The number of aliphatic imine (C=N–C) groups is 7. The fraction of sp³-hybridized carbons (Fsp3) is 0.872. The zero-order valence-corrected chi connectivity index (χ0v) is 111. The Bertz CT molecular complexity index is 3590. The van der Waals surface area contributed by atoms with Gasteiger partial charge in [0.15, 0.2) is 0 Å². The van der Waals surface area contributed by atoms with Crippen LogP contribution < -0.4 is 0 Å². The van der Waals surface area contributed by atoms with Gasteiger partial charge in [0.25, 0.3) is 0 Å². The number of rotatable bonds is 50. The van der Waals surface area contributed by atoms with Gasteiger partial charge in [-0.05, 0) is 272 Å². The molecule has 0 radical (unpaired) electrons. The minimum atomic E-state index is -1.67. The van der Waals surface area contributed by atoms with Crippen molar-refractivity contribution in [1.82, 2.24) is 20.0 Å². The predicted octanol–water partition coefficient (Wildman–Crippen LogP) is 26.4. The molecule has 7 unspecified atom stereocenters. The quantitative estimate of drug-likeness (QED) is 0.0117. The highest BCUT2D eigenvalue weighted by Crippen LogP contribution is 2.36. The first-order chi connectivity index (χ1) is 66.0. The predicted molar refractivity (Wildman–Crippen MR) is 661 cm³/mol. The first-order valence-electron chi connectivity index (χ1n) is 56.2. The molecule has 0 spiro atoms. The minimum Gasteiger partial charge on any atom is -0.388 e. The van der Waals surface area contributed by atoms with Gasteiger partial charge in [0.05, 0.1) is 68.3 Å². The van der Waals surface area contributed by atoms with Crippen molar-refractivity contribution in [2.75, 3.05) is 62.9 Å². The van der Waals surface area contributed by atoms with E-state index in [1.165, 1.54) is 12.2 Å². The standard InChI is InChI=1S/C14H31NOSi.C13H27NO.C12H25NO.C11H25NOSi.C11H23NO.C10H24N2OSi.C10H22N2O.C10H19NO.C9H20N2O.C9H17NO.C8H18N2O/c1-8-13(15-12(5)6)14(7,16)17(9-2,10-3)11-4;1-8-12(14-11(6)7)13(15,9(2)3)10(4)5;1-7-11(13-10(5)6)12(14,8-2)9(3)4;1-8-10(12-9(2)3)11(4,13)14(5,6)7;1-6-10(12-9(4)5)11(13,7-2)8-3;1-8-9(11-12(3)4)10(2,13)14(5,6)7;1-6-9(11-12(4)5)10(13,7-2)8-3;1-6-9(11-8(3)4)10(5,12)7-2;1-6-8(10-11(4)5)9(3,12)7-2;1-5-8(10-7-3)9(4,11)6-2;1-6-7(8(2,3)11)9-10(4)5/h12,16H,8-11H2,1-7H3;9-11,15H,8H2,1-7H3;9-10,14H,7-8H2,1-6H3;9,13H,8H2,1-7H3;9,13H,6-8H2,1-5H3;13H,8H2,1-7H3;13H,6-8H2,1-5H3;7-8,12H,2,6H2,1,3-5H3;12H,6-7H2,1-5H3;6,11H,2,5,7H2,1,3-4H3;11H,6H2,1-5H3. The van der Waals surface area contributed by atoms with Crippen LogP contribution in [0.4, 0.5) is 0 Å². The van der Waals surface area contributed by atoms with E-state index in [4.69, 9.17) is 0 Å². The number of nitrogens with zero attached hydrogens (tertiary/aromatic N) is 15. The molecular formula is C117H251N15O11Si3. The van der Waals surface area contributed by atoms with Crippen molar-refractivity contribution >= 4 is 87.1 Å². The van der Waals surface area contributed by atoms with Crippen molar-refractivity contribution in [2.45, 2.75) is 589 Å². The highest BCUT2D eigenvalue weighted by Gasteiger charge is 2.49. The van der Waals surface area contributed by atoms with E-state index >= 15 is 0 Å². The fourth-order valence-corrected chi connectivity index (χ4v) is 22.7. The van der Waals surface area contributed by atoms with Gasteiger partial charge in [0.2, 0.25) is 0 Å². The van der Waals surface area contributed by atoms with Crippen LogP contribution in [0.3, 0.4) is 0 Å². The Morgan fingerprint density at radius 2 is 0.500 bits per heavy atom. The van der Waals surface area contributed by atoms with Gasteiger partial charge in [-0.1, -0.05) is 263 Å². The smallest absolute Gasteiger partial charge is 0.117 e. The molecule has 0 aliphatic rings. The summed E-state index contributed by atoms with van der Waals surface area (Å²) in [6.45, 7) is 115. The monoisotopic (exact) mass is 2130 g/mol. The second-order valence-corrected chi connectivity index (χ2v) is 62.0. The summed E-state index contributed by atoms with van der Waals surface area (Å²) in [7, 11) is 10.0. The van der Waals surface area contributed by atoms with Crippen molar-refractivity contribution in [3.63, 3.8) is 0 Å². The molecule has 7 atom stereocenters. The van der Waals surface area contributed by atoms with Crippen molar-refractivity contribution < 1.29 is 56.2 Å². The highest BCUT2D eigenvalue weighted by atomic mass is 28.3. The van der Waals surface area contributed by atoms with Crippen molar-refractivity contribution in [3.8, 4) is 0 Å². The lowest BCUT2D eigenvalue weighted by Crippen LogP contribution is -2.60. The normalized spacial score (nSPS) is 16.3. The summed E-state index contributed by atoms with van der Waals surface area (Å²) in [5.74, 6) is 0.634. The Kier molecular flexibility index (Phi) is 88.9. The molecule has 0 aliphatic carbocycles. The summed E-state index contributed by atoms with van der Waals surface area (Å²) in [6.07, 6.45) is 16.4. The maximum absolute atomic E-state index is 11.1. The van der Waals surface area contributed by atoms with Crippen LogP contribution >= 0.6 is 0 Å². The van der Waals surface area contributed by atoms with Gasteiger partial charge in [0.1, 0.15) is 39.2 Å². The van der Waals surface area contributed by atoms with Crippen molar-refractivity contribution in [1.29, 1.82) is 0 Å². The lowest BCUT2D eigenvalue weighted by molar-refractivity contribution is 0.0174. The summed E-state index contributed by atoms with van der Waals surface area (Å²) in [4.78, 5) is 31.3. The summed E-state index contributed by atoms with van der Waals surface area (Å²) in [5, 5.41) is 134. The molecule has 0 fully saturated rings. The Hall–Kier alpha value is -4.74. The average molecular weight is 2130 g/mol. The first-order valence-corrected chi connectivity index (χ1v) is 65.9. The molecule has 0 rings (SSSR count). The maximum Gasteiger partial charge on any atom is 0.117 e. The molecule has 0 heterocycles. The number of hydrazone groups is 4. The zero-order chi connectivity index (χ0) is 119. The highest BCUT2D eigenvalue weighted by molar-refractivity contribution is 6.85. The molecule has 0 aromatic rings. The molecule has 11 N–H and O–H groups in total. The summed E-state index contributed by atoms with van der Waals surface area (Å²) < 4.78 is 0. The number of aliphatic hydroxyl groups is 11. The van der Waals surface area contributed by atoms with Crippen LogP contribution in [-0.4, -0.2) is 323 Å². The summed E-state index contributed by atoms with van der Waals surface area (Å²) >= 11 is 0. The topological polar surface area (TPSA) is 371 Å². The molecular weight excluding hydrogens is 1880 g/mol. The number of hydrogen-bond acceptors (Lipinski definition) is 26. The van der Waals surface area contributed by atoms with Crippen LogP contribution in [0.5, 0.6) is 0 Å². The lowest BCUT2D eigenvalue weighted by atomic mass is 9.75. The van der Waals surface area contributed by atoms with Gasteiger partial charge in [0, 0.05) is 139 Å². The minimum absolute atomic E-state index is 0.204. The Labute approximate surface area is 907 Å². The molecule has 29 heteroatoms. The van der Waals surface area contributed by atoms with E-state index in [-0.39, 0.29) is 54.0 Å². The van der Waals surface area contributed by atoms with Gasteiger partial charge in [-0.3, -0.25) is 34.9 Å². The van der Waals surface area contributed by atoms with Crippen LogP contribution in [-0.2, 0) is 0 Å². The largest absolute Gasteiger partial charge is 0.388 e. The molecule has 0 aromatic carbocycles. The molecule has 0 aliphatic heterocycles. The van der Waals surface area contributed by atoms with E-state index < -0.39 is 84.7 Å². The van der Waals surface area contributed by atoms with Crippen LogP contribution in [0.15, 0.2) is 80.7 Å². The molecule has 0 saturated heterocycles. The Balaban J connectivity index is -0.000000153. The molecule has 0 amide bonds. The van der Waals surface area contributed by atoms with Crippen LogP contribution in [0.2, 0.25) is 57.4 Å². The van der Waals surface area contributed by atoms with Crippen LogP contribution in [0.1, 0.15) is 435 Å². The van der Waals surface area contributed by atoms with E-state index in [1.54, 1.807) is 54.7 Å². The lowest BCUT2D eigenvalue weighted by Gasteiger charge is -2.43. The van der Waals surface area contributed by atoms with Crippen LogP contribution in [0.25, 0.3) is 0 Å². The van der Waals surface area contributed by atoms with Crippen molar-refractivity contribution in [3.05, 3.63) is 25.3 Å². The van der Waals surface area contributed by atoms with Gasteiger partial charge in [-0.25, -0.2) is 0 Å². The maximum atomic E-state index is 11.1. The average Bonchev–Trinajstić information content (AvgIpc) is 0.779.